The number of carbonyl (C=O) groups is 2. The largest absolute Gasteiger partial charge is 0.452 e. The summed E-state index contributed by atoms with van der Waals surface area (Å²) in [6, 6.07) is 12.5. The number of halogens is 1. The van der Waals surface area contributed by atoms with E-state index in [0.717, 1.165) is 10.0 Å². The summed E-state index contributed by atoms with van der Waals surface area (Å²) in [4.78, 5) is 35.4. The Morgan fingerprint density at radius 1 is 1.16 bits per heavy atom. The zero-order valence-electron chi connectivity index (χ0n) is 13.3. The van der Waals surface area contributed by atoms with Gasteiger partial charge in [0.1, 0.15) is 0 Å². The Balaban J connectivity index is 1.89. The zero-order chi connectivity index (χ0) is 18.4. The van der Waals surface area contributed by atoms with E-state index in [9.17, 15) is 19.7 Å². The lowest BCUT2D eigenvalue weighted by Gasteiger charge is -2.18. The first kappa shape index (κ1) is 18.6. The van der Waals surface area contributed by atoms with E-state index in [1.807, 2.05) is 24.3 Å². The van der Waals surface area contributed by atoms with Crippen molar-refractivity contribution in [1.82, 2.24) is 4.90 Å². The first-order chi connectivity index (χ1) is 11.9. The van der Waals surface area contributed by atoms with E-state index in [2.05, 4.69) is 15.9 Å². The van der Waals surface area contributed by atoms with Gasteiger partial charge in [-0.25, -0.2) is 4.79 Å². The minimum atomic E-state index is -0.711. The maximum Gasteiger partial charge on any atom is 0.338 e. The second kappa shape index (κ2) is 8.39. The zero-order valence-corrected chi connectivity index (χ0v) is 14.9. The Kier molecular flexibility index (Phi) is 6.24. The molecule has 0 fully saturated rings. The van der Waals surface area contributed by atoms with Crippen LogP contribution in [0.1, 0.15) is 15.9 Å². The summed E-state index contributed by atoms with van der Waals surface area (Å²) < 4.78 is 5.85. The number of carbonyl (C=O) groups excluding carboxylic acids is 2. The van der Waals surface area contributed by atoms with Crippen LogP contribution in [0.5, 0.6) is 0 Å². The van der Waals surface area contributed by atoms with Gasteiger partial charge in [0.25, 0.3) is 11.6 Å². The molecular weight excluding hydrogens is 392 g/mol. The fraction of sp³-hybridized carbons (Fsp3) is 0.176. The van der Waals surface area contributed by atoms with Crippen molar-refractivity contribution in [3.05, 3.63) is 74.2 Å². The number of hydrogen-bond donors (Lipinski definition) is 0. The predicted octanol–water partition coefficient (Wildman–Crippen LogP) is 3.17. The second-order valence-corrected chi connectivity index (χ2v) is 6.08. The van der Waals surface area contributed by atoms with Crippen molar-refractivity contribution >= 4 is 33.5 Å². The van der Waals surface area contributed by atoms with E-state index < -0.39 is 17.5 Å². The van der Waals surface area contributed by atoms with Gasteiger partial charge >= 0.3 is 5.97 Å². The van der Waals surface area contributed by atoms with Crippen LogP contribution in [0.25, 0.3) is 0 Å². The molecule has 0 spiro atoms. The van der Waals surface area contributed by atoms with Gasteiger partial charge in [-0.3, -0.25) is 14.9 Å². The minimum absolute atomic E-state index is 0.124. The Morgan fingerprint density at radius 2 is 1.80 bits per heavy atom. The third-order valence-electron chi connectivity index (χ3n) is 3.43. The molecule has 0 saturated carbocycles. The number of non-ortho nitro benzene ring substituents is 1. The average Bonchev–Trinajstić information content (AvgIpc) is 2.61. The molecule has 2 rings (SSSR count). The fourth-order valence-electron chi connectivity index (χ4n) is 2.01. The van der Waals surface area contributed by atoms with Crippen LogP contribution in [-0.2, 0) is 16.1 Å². The van der Waals surface area contributed by atoms with E-state index in [0.29, 0.717) is 6.54 Å². The summed E-state index contributed by atoms with van der Waals surface area (Å²) in [7, 11) is 1.61. The summed E-state index contributed by atoms with van der Waals surface area (Å²) in [6.45, 7) is -0.0356. The highest BCUT2D eigenvalue weighted by atomic mass is 79.9. The molecule has 7 nitrogen and oxygen atoms in total. The molecule has 0 bridgehead atoms. The highest BCUT2D eigenvalue weighted by Gasteiger charge is 2.15. The number of nitro benzene ring substituents is 1. The SMILES string of the molecule is CN(Cc1ccccc1Br)C(=O)COC(=O)c1ccc([N+](=O)[O-])cc1. The highest BCUT2D eigenvalue weighted by Crippen LogP contribution is 2.17. The quantitative estimate of drug-likeness (QED) is 0.417. The molecule has 25 heavy (non-hydrogen) atoms. The number of ether oxygens (including phenoxy) is 1. The van der Waals surface area contributed by atoms with Crippen LogP contribution in [0.4, 0.5) is 5.69 Å². The van der Waals surface area contributed by atoms with Gasteiger partial charge in [-0.05, 0) is 23.8 Å². The third-order valence-corrected chi connectivity index (χ3v) is 4.21. The van der Waals surface area contributed by atoms with Crippen molar-refractivity contribution in [2.24, 2.45) is 0 Å². The Bertz CT molecular complexity index is 792. The molecule has 0 unspecified atom stereocenters. The summed E-state index contributed by atoms with van der Waals surface area (Å²) in [6.07, 6.45) is 0. The van der Waals surface area contributed by atoms with Crippen LogP contribution in [-0.4, -0.2) is 35.4 Å². The summed E-state index contributed by atoms with van der Waals surface area (Å²) in [5.74, 6) is -1.07. The topological polar surface area (TPSA) is 89.8 Å². The summed E-state index contributed by atoms with van der Waals surface area (Å²) >= 11 is 3.41. The highest BCUT2D eigenvalue weighted by molar-refractivity contribution is 9.10. The summed E-state index contributed by atoms with van der Waals surface area (Å²) in [5.41, 5.74) is 0.952. The van der Waals surface area contributed by atoms with Gasteiger partial charge in [-0.1, -0.05) is 34.1 Å². The van der Waals surface area contributed by atoms with E-state index in [-0.39, 0.29) is 17.2 Å². The standard InChI is InChI=1S/C17H15BrN2O5/c1-19(10-13-4-2-3-5-15(13)18)16(21)11-25-17(22)12-6-8-14(9-7-12)20(23)24/h2-9H,10-11H2,1H3. The lowest BCUT2D eigenvalue weighted by Crippen LogP contribution is -2.30. The minimum Gasteiger partial charge on any atom is -0.452 e. The number of likely N-dealkylation sites (N-methyl/N-ethyl adjacent to an activating group) is 1. The molecule has 8 heteroatoms. The molecule has 0 saturated heterocycles. The fourth-order valence-corrected chi connectivity index (χ4v) is 2.42. The molecule has 2 aromatic rings. The van der Waals surface area contributed by atoms with E-state index in [4.69, 9.17) is 4.74 Å². The van der Waals surface area contributed by atoms with Crippen LogP contribution in [0.15, 0.2) is 53.0 Å². The van der Waals surface area contributed by atoms with Crippen molar-refractivity contribution in [3.8, 4) is 0 Å². The van der Waals surface area contributed by atoms with Crippen LogP contribution in [0.2, 0.25) is 0 Å². The maximum absolute atomic E-state index is 12.1. The molecule has 0 aromatic heterocycles. The molecular formula is C17H15BrN2O5. The van der Waals surface area contributed by atoms with Crippen molar-refractivity contribution in [2.45, 2.75) is 6.54 Å². The number of esters is 1. The maximum atomic E-state index is 12.1. The first-order valence-electron chi connectivity index (χ1n) is 7.27. The molecule has 0 atom stereocenters. The van der Waals surface area contributed by atoms with Crippen LogP contribution < -0.4 is 0 Å². The molecule has 2 aromatic carbocycles. The molecule has 0 aliphatic carbocycles. The molecule has 1 amide bonds. The van der Waals surface area contributed by atoms with E-state index >= 15 is 0 Å². The number of hydrogen-bond acceptors (Lipinski definition) is 5. The van der Waals surface area contributed by atoms with Gasteiger partial charge < -0.3 is 9.64 Å². The lowest BCUT2D eigenvalue weighted by molar-refractivity contribution is -0.384. The lowest BCUT2D eigenvalue weighted by atomic mass is 10.2. The normalized spacial score (nSPS) is 10.2. The monoisotopic (exact) mass is 406 g/mol. The molecule has 130 valence electrons. The molecule has 0 N–H and O–H groups in total. The van der Waals surface area contributed by atoms with Crippen molar-refractivity contribution < 1.29 is 19.2 Å². The molecule has 0 heterocycles. The number of benzene rings is 2. The van der Waals surface area contributed by atoms with Crippen LogP contribution in [0, 0.1) is 10.1 Å². The van der Waals surface area contributed by atoms with Crippen LogP contribution in [0.3, 0.4) is 0 Å². The van der Waals surface area contributed by atoms with Crippen molar-refractivity contribution in [1.29, 1.82) is 0 Å². The van der Waals surface area contributed by atoms with Gasteiger partial charge in [0.2, 0.25) is 0 Å². The second-order valence-electron chi connectivity index (χ2n) is 5.22. The molecule has 0 aliphatic heterocycles. The van der Waals surface area contributed by atoms with Crippen molar-refractivity contribution in [3.63, 3.8) is 0 Å². The van der Waals surface area contributed by atoms with Gasteiger partial charge in [-0.15, -0.1) is 0 Å². The number of nitrogens with zero attached hydrogens (tertiary/aromatic N) is 2. The average molecular weight is 407 g/mol. The van der Waals surface area contributed by atoms with Gasteiger partial charge in [0, 0.05) is 30.2 Å². The van der Waals surface area contributed by atoms with Gasteiger partial charge in [0.15, 0.2) is 6.61 Å². The molecule has 0 aliphatic rings. The van der Waals surface area contributed by atoms with Gasteiger partial charge in [0.05, 0.1) is 10.5 Å². The van der Waals surface area contributed by atoms with Crippen molar-refractivity contribution in [2.75, 3.05) is 13.7 Å². The predicted molar refractivity (Wildman–Crippen MR) is 94.0 cm³/mol. The number of amides is 1. The van der Waals surface area contributed by atoms with Gasteiger partial charge in [-0.2, -0.15) is 0 Å². The van der Waals surface area contributed by atoms with E-state index in [1.54, 1.807) is 7.05 Å². The first-order valence-corrected chi connectivity index (χ1v) is 8.06. The Labute approximate surface area is 152 Å². The summed E-state index contributed by atoms with van der Waals surface area (Å²) in [5, 5.41) is 10.6. The Morgan fingerprint density at radius 3 is 2.40 bits per heavy atom. The Hall–Kier alpha value is -2.74. The number of rotatable bonds is 6. The third kappa shape index (κ3) is 5.12. The smallest absolute Gasteiger partial charge is 0.338 e. The number of nitro groups is 1. The molecule has 0 radical (unpaired) electrons. The van der Waals surface area contributed by atoms with Crippen LogP contribution >= 0.6 is 15.9 Å². The van der Waals surface area contributed by atoms with E-state index in [1.165, 1.54) is 29.2 Å².